The van der Waals surface area contributed by atoms with E-state index < -0.39 is 11.9 Å². The Morgan fingerprint density at radius 1 is 1.25 bits per heavy atom. The maximum Gasteiger partial charge on any atom is 0.255 e. The molecule has 0 aliphatic carbocycles. The van der Waals surface area contributed by atoms with Crippen LogP contribution in [0.4, 0.5) is 5.69 Å². The van der Waals surface area contributed by atoms with E-state index in [4.69, 9.17) is 5.73 Å². The summed E-state index contributed by atoms with van der Waals surface area (Å²) in [6.45, 7) is 0.327. The fourth-order valence-electron chi connectivity index (χ4n) is 2.61. The molecule has 6 nitrogen and oxygen atoms in total. The van der Waals surface area contributed by atoms with E-state index in [0.717, 1.165) is 5.56 Å². The molecule has 2 aliphatic rings. The number of nitrogens with one attached hydrogen (secondary N) is 1. The molecule has 2 aliphatic heterocycles. The van der Waals surface area contributed by atoms with Crippen LogP contribution in [0.1, 0.15) is 28.8 Å². The lowest BCUT2D eigenvalue weighted by atomic mass is 10.0. The van der Waals surface area contributed by atoms with Crippen LogP contribution in [0.25, 0.3) is 0 Å². The summed E-state index contributed by atoms with van der Waals surface area (Å²) in [6, 6.07) is 4.58. The van der Waals surface area contributed by atoms with E-state index in [1.54, 1.807) is 18.2 Å². The van der Waals surface area contributed by atoms with E-state index in [-0.39, 0.29) is 35.2 Å². The van der Waals surface area contributed by atoms with E-state index in [9.17, 15) is 14.4 Å². The first-order chi connectivity index (χ1) is 9.08. The number of rotatable bonds is 1. The van der Waals surface area contributed by atoms with Gasteiger partial charge in [-0.05, 0) is 18.6 Å². The Balaban J connectivity index is 0.00000147. The number of imide groups is 1. The first kappa shape index (κ1) is 14.5. The predicted octanol–water partition coefficient (Wildman–Crippen LogP) is 0.608. The molecule has 3 rings (SSSR count). The van der Waals surface area contributed by atoms with Gasteiger partial charge in [-0.2, -0.15) is 0 Å². The number of halogens is 1. The number of carbonyl (C=O) groups excluding carboxylic acids is 3. The van der Waals surface area contributed by atoms with Gasteiger partial charge >= 0.3 is 0 Å². The number of nitrogen functional groups attached to an aromatic ring is 1. The van der Waals surface area contributed by atoms with Crippen molar-refractivity contribution in [1.29, 1.82) is 0 Å². The molecule has 3 amide bonds. The molecule has 0 bridgehead atoms. The minimum Gasteiger partial charge on any atom is -0.398 e. The van der Waals surface area contributed by atoms with E-state index in [1.807, 2.05) is 0 Å². The highest BCUT2D eigenvalue weighted by Gasteiger charge is 2.39. The standard InChI is InChI=1S/C13H13N3O3.BrH/c14-9-3-1-2-7-8(9)6-16(13(7)19)10-4-5-11(17)15-12(10)18;/h1-3,10H,4-6,14H2,(H,15,17,18);1H. The van der Waals surface area contributed by atoms with Crippen LogP contribution in [0.2, 0.25) is 0 Å². The average Bonchev–Trinajstić information content (AvgIpc) is 2.69. The smallest absolute Gasteiger partial charge is 0.255 e. The molecule has 0 spiro atoms. The van der Waals surface area contributed by atoms with Crippen LogP contribution in [-0.4, -0.2) is 28.7 Å². The van der Waals surface area contributed by atoms with Crippen molar-refractivity contribution in [1.82, 2.24) is 10.2 Å². The Morgan fingerprint density at radius 2 is 2.00 bits per heavy atom. The number of nitrogens with two attached hydrogens (primary N) is 1. The molecule has 0 saturated carbocycles. The first-order valence-electron chi connectivity index (χ1n) is 6.10. The van der Waals surface area contributed by atoms with Crippen molar-refractivity contribution in [2.24, 2.45) is 0 Å². The van der Waals surface area contributed by atoms with E-state index >= 15 is 0 Å². The maximum absolute atomic E-state index is 12.3. The number of hydrogen-bond acceptors (Lipinski definition) is 4. The molecule has 1 aromatic carbocycles. The molecule has 2 heterocycles. The van der Waals surface area contributed by atoms with Crippen LogP contribution in [0.3, 0.4) is 0 Å². The maximum atomic E-state index is 12.3. The van der Waals surface area contributed by atoms with Gasteiger partial charge in [0.05, 0.1) is 0 Å². The Labute approximate surface area is 126 Å². The largest absolute Gasteiger partial charge is 0.398 e. The molecule has 7 heteroatoms. The number of anilines is 1. The molecule has 1 fully saturated rings. The summed E-state index contributed by atoms with van der Waals surface area (Å²) in [5.41, 5.74) is 7.71. The van der Waals surface area contributed by atoms with Gasteiger partial charge in [0.2, 0.25) is 11.8 Å². The van der Waals surface area contributed by atoms with Gasteiger partial charge in [0.15, 0.2) is 0 Å². The molecule has 0 aromatic heterocycles. The molecule has 20 heavy (non-hydrogen) atoms. The van der Waals surface area contributed by atoms with E-state index in [2.05, 4.69) is 5.32 Å². The Kier molecular flexibility index (Phi) is 3.80. The molecule has 1 atom stereocenters. The molecule has 3 N–H and O–H groups in total. The summed E-state index contributed by atoms with van der Waals surface area (Å²) < 4.78 is 0. The van der Waals surface area contributed by atoms with Crippen molar-refractivity contribution in [2.45, 2.75) is 25.4 Å². The zero-order chi connectivity index (χ0) is 13.6. The lowest BCUT2D eigenvalue weighted by Crippen LogP contribution is -2.52. The second kappa shape index (κ2) is 5.24. The van der Waals surface area contributed by atoms with Crippen molar-refractivity contribution in [2.75, 3.05) is 5.73 Å². The van der Waals surface area contributed by atoms with Gasteiger partial charge < -0.3 is 10.6 Å². The Bertz CT molecular complexity index is 603. The number of benzene rings is 1. The van der Waals surface area contributed by atoms with Crippen molar-refractivity contribution in [3.63, 3.8) is 0 Å². The number of fused-ring (bicyclic) bond motifs is 1. The number of piperidine rings is 1. The van der Waals surface area contributed by atoms with Crippen LogP contribution >= 0.6 is 17.0 Å². The highest BCUT2D eigenvalue weighted by atomic mass is 79.9. The second-order valence-electron chi connectivity index (χ2n) is 4.77. The van der Waals surface area contributed by atoms with Gasteiger partial charge in [-0.15, -0.1) is 17.0 Å². The molecule has 1 unspecified atom stereocenters. The normalized spacial score (nSPS) is 21.3. The highest BCUT2D eigenvalue weighted by molar-refractivity contribution is 8.93. The second-order valence-corrected chi connectivity index (χ2v) is 4.77. The SMILES string of the molecule is Br.Nc1cccc2c1CN(C1CCC(=O)NC1=O)C2=O. The molecule has 1 saturated heterocycles. The van der Waals surface area contributed by atoms with Crippen LogP contribution in [0.15, 0.2) is 18.2 Å². The third kappa shape index (κ3) is 2.18. The lowest BCUT2D eigenvalue weighted by molar-refractivity contribution is -0.136. The summed E-state index contributed by atoms with van der Waals surface area (Å²) in [5, 5.41) is 2.27. The van der Waals surface area contributed by atoms with Crippen LogP contribution in [0.5, 0.6) is 0 Å². The van der Waals surface area contributed by atoms with E-state index in [0.29, 0.717) is 24.2 Å². The van der Waals surface area contributed by atoms with E-state index in [1.165, 1.54) is 4.90 Å². The van der Waals surface area contributed by atoms with Gasteiger partial charge in [0.1, 0.15) is 6.04 Å². The highest BCUT2D eigenvalue weighted by Crippen LogP contribution is 2.30. The van der Waals surface area contributed by atoms with Crippen molar-refractivity contribution >= 4 is 40.4 Å². The molecule has 106 valence electrons. The number of carbonyl (C=O) groups is 3. The third-order valence-corrected chi connectivity index (χ3v) is 3.62. The van der Waals surface area contributed by atoms with Gasteiger partial charge in [0.25, 0.3) is 5.91 Å². The van der Waals surface area contributed by atoms with Crippen LogP contribution in [0, 0.1) is 0 Å². The van der Waals surface area contributed by atoms with Crippen LogP contribution < -0.4 is 11.1 Å². The summed E-state index contributed by atoms with van der Waals surface area (Å²) >= 11 is 0. The fraction of sp³-hybridized carbons (Fsp3) is 0.308. The Hall–Kier alpha value is -1.89. The number of nitrogens with zero attached hydrogens (tertiary/aromatic N) is 1. The van der Waals surface area contributed by atoms with Crippen molar-refractivity contribution in [3.05, 3.63) is 29.3 Å². The quantitative estimate of drug-likeness (QED) is 0.579. The molecule has 0 radical (unpaired) electrons. The first-order valence-corrected chi connectivity index (χ1v) is 6.10. The van der Waals surface area contributed by atoms with Crippen LogP contribution in [-0.2, 0) is 16.1 Å². The summed E-state index contributed by atoms with van der Waals surface area (Å²) in [4.78, 5) is 36.7. The lowest BCUT2D eigenvalue weighted by Gasteiger charge is -2.29. The number of hydrogen-bond donors (Lipinski definition) is 2. The average molecular weight is 340 g/mol. The Morgan fingerprint density at radius 3 is 2.65 bits per heavy atom. The fourth-order valence-corrected chi connectivity index (χ4v) is 2.61. The van der Waals surface area contributed by atoms with Crippen molar-refractivity contribution < 1.29 is 14.4 Å². The minimum atomic E-state index is -0.586. The molecular weight excluding hydrogens is 326 g/mol. The summed E-state index contributed by atoms with van der Waals surface area (Å²) in [6.07, 6.45) is 0.621. The monoisotopic (exact) mass is 339 g/mol. The molecule has 1 aromatic rings. The van der Waals surface area contributed by atoms with Gasteiger partial charge in [-0.3, -0.25) is 19.7 Å². The van der Waals surface area contributed by atoms with Gasteiger partial charge in [0, 0.05) is 29.8 Å². The van der Waals surface area contributed by atoms with Crippen molar-refractivity contribution in [3.8, 4) is 0 Å². The minimum absolute atomic E-state index is 0. The molecular formula is C13H14BrN3O3. The third-order valence-electron chi connectivity index (χ3n) is 3.62. The zero-order valence-corrected chi connectivity index (χ0v) is 12.3. The topological polar surface area (TPSA) is 92.5 Å². The van der Waals surface area contributed by atoms with Gasteiger partial charge in [-0.25, -0.2) is 0 Å². The van der Waals surface area contributed by atoms with Gasteiger partial charge in [-0.1, -0.05) is 6.07 Å². The summed E-state index contributed by atoms with van der Waals surface area (Å²) in [5.74, 6) is -0.891. The summed E-state index contributed by atoms with van der Waals surface area (Å²) in [7, 11) is 0. The predicted molar refractivity (Wildman–Crippen MR) is 77.2 cm³/mol. The number of amides is 3. The zero-order valence-electron chi connectivity index (χ0n) is 10.6.